The highest BCUT2D eigenvalue weighted by molar-refractivity contribution is 5.99. The molecule has 2 rings (SSSR count). The fourth-order valence-corrected chi connectivity index (χ4v) is 1.43. The van der Waals surface area contributed by atoms with Crippen LogP contribution >= 0.6 is 0 Å². The van der Waals surface area contributed by atoms with E-state index in [9.17, 15) is 9.90 Å². The van der Waals surface area contributed by atoms with Gasteiger partial charge < -0.3 is 15.6 Å². The second-order valence-corrected chi connectivity index (χ2v) is 3.07. The van der Waals surface area contributed by atoms with Crippen molar-refractivity contribution in [2.24, 2.45) is 0 Å². The first kappa shape index (κ1) is 8.56. The topological polar surface area (TPSA) is 66.2 Å². The summed E-state index contributed by atoms with van der Waals surface area (Å²) in [5.74, 6) is -1.24. The van der Waals surface area contributed by atoms with Crippen LogP contribution in [0.5, 0.6) is 0 Å². The van der Waals surface area contributed by atoms with Gasteiger partial charge in [-0.15, -0.1) is 0 Å². The van der Waals surface area contributed by atoms with Crippen LogP contribution in [0.1, 0.15) is 10.4 Å². The number of benzene rings is 2. The van der Waals surface area contributed by atoms with Crippen molar-refractivity contribution in [1.29, 1.82) is 0 Å². The maximum atomic E-state index is 10.7. The monoisotopic (exact) mass is 186 g/mol. The van der Waals surface area contributed by atoms with Gasteiger partial charge in [0.05, 0.1) is 5.97 Å². The van der Waals surface area contributed by atoms with Crippen LogP contribution in [-0.2, 0) is 0 Å². The molecular formula is C11H8NO2-. The van der Waals surface area contributed by atoms with E-state index >= 15 is 0 Å². The zero-order chi connectivity index (χ0) is 10.1. The van der Waals surface area contributed by atoms with E-state index in [0.717, 1.165) is 10.8 Å². The summed E-state index contributed by atoms with van der Waals surface area (Å²) in [6.45, 7) is 0. The molecule has 0 aliphatic heterocycles. The highest BCUT2D eigenvalue weighted by Crippen LogP contribution is 2.21. The highest BCUT2D eigenvalue weighted by Gasteiger charge is 2.01. The van der Waals surface area contributed by atoms with Gasteiger partial charge in [0, 0.05) is 11.3 Å². The lowest BCUT2D eigenvalue weighted by Gasteiger charge is -2.08. The van der Waals surface area contributed by atoms with E-state index in [-0.39, 0.29) is 11.3 Å². The molecule has 0 amide bonds. The highest BCUT2D eigenvalue weighted by atomic mass is 16.4. The molecule has 2 aromatic rings. The molecule has 0 aromatic heterocycles. The lowest BCUT2D eigenvalue weighted by atomic mass is 10.1. The second kappa shape index (κ2) is 3.03. The predicted octanol–water partition coefficient (Wildman–Crippen LogP) is 0.785. The van der Waals surface area contributed by atoms with Gasteiger partial charge in [-0.1, -0.05) is 24.3 Å². The zero-order valence-corrected chi connectivity index (χ0v) is 7.36. The number of anilines is 1. The van der Waals surface area contributed by atoms with Gasteiger partial charge in [0.15, 0.2) is 0 Å². The molecule has 0 spiro atoms. The zero-order valence-electron chi connectivity index (χ0n) is 7.36. The fraction of sp³-hybridized carbons (Fsp3) is 0. The van der Waals surface area contributed by atoms with Crippen molar-refractivity contribution < 1.29 is 9.90 Å². The molecule has 70 valence electrons. The van der Waals surface area contributed by atoms with E-state index in [0.29, 0.717) is 0 Å². The first-order valence-electron chi connectivity index (χ1n) is 4.18. The Morgan fingerprint density at radius 1 is 1.14 bits per heavy atom. The molecule has 3 nitrogen and oxygen atoms in total. The summed E-state index contributed by atoms with van der Waals surface area (Å²) in [5, 5.41) is 12.4. The van der Waals surface area contributed by atoms with Crippen molar-refractivity contribution in [2.45, 2.75) is 0 Å². The standard InChI is InChI=1S/C11H9NO2/c12-10-6-8-4-2-1-3-7(8)5-9(10)11(13)14/h1-6H,12H2,(H,13,14)/p-1. The predicted molar refractivity (Wildman–Crippen MR) is 52.7 cm³/mol. The molecule has 0 radical (unpaired) electrons. The van der Waals surface area contributed by atoms with Crippen LogP contribution in [0.4, 0.5) is 5.69 Å². The minimum Gasteiger partial charge on any atom is -0.545 e. The number of carboxylic acids is 1. The van der Waals surface area contributed by atoms with E-state index in [1.807, 2.05) is 24.3 Å². The molecular weight excluding hydrogens is 178 g/mol. The number of rotatable bonds is 1. The summed E-state index contributed by atoms with van der Waals surface area (Å²) in [7, 11) is 0. The van der Waals surface area contributed by atoms with Gasteiger partial charge in [-0.2, -0.15) is 0 Å². The number of carboxylic acid groups (broad SMARTS) is 1. The third-order valence-electron chi connectivity index (χ3n) is 2.14. The number of carbonyl (C=O) groups is 1. The van der Waals surface area contributed by atoms with Gasteiger partial charge in [0.25, 0.3) is 0 Å². The van der Waals surface area contributed by atoms with Crippen LogP contribution in [-0.4, -0.2) is 5.97 Å². The smallest absolute Gasteiger partial charge is 0.0736 e. The summed E-state index contributed by atoms with van der Waals surface area (Å²) in [5.41, 5.74) is 5.85. The number of nitrogen functional groups attached to an aromatic ring is 1. The van der Waals surface area contributed by atoms with Crippen molar-refractivity contribution in [1.82, 2.24) is 0 Å². The van der Waals surface area contributed by atoms with E-state index in [1.165, 1.54) is 6.07 Å². The summed E-state index contributed by atoms with van der Waals surface area (Å²) in [6.07, 6.45) is 0. The fourth-order valence-electron chi connectivity index (χ4n) is 1.43. The third kappa shape index (κ3) is 1.29. The van der Waals surface area contributed by atoms with Gasteiger partial charge in [0.2, 0.25) is 0 Å². The Balaban J connectivity index is 2.77. The van der Waals surface area contributed by atoms with Crippen LogP contribution in [0.15, 0.2) is 36.4 Å². The Hall–Kier alpha value is -2.03. The second-order valence-electron chi connectivity index (χ2n) is 3.07. The molecule has 0 heterocycles. The summed E-state index contributed by atoms with van der Waals surface area (Å²) >= 11 is 0. The third-order valence-corrected chi connectivity index (χ3v) is 2.14. The largest absolute Gasteiger partial charge is 0.545 e. The summed E-state index contributed by atoms with van der Waals surface area (Å²) < 4.78 is 0. The van der Waals surface area contributed by atoms with Crippen LogP contribution < -0.4 is 10.8 Å². The molecule has 0 fully saturated rings. The van der Waals surface area contributed by atoms with E-state index in [4.69, 9.17) is 5.73 Å². The maximum Gasteiger partial charge on any atom is 0.0736 e. The molecule has 14 heavy (non-hydrogen) atoms. The van der Waals surface area contributed by atoms with Crippen molar-refractivity contribution in [2.75, 3.05) is 5.73 Å². The average molecular weight is 186 g/mol. The maximum absolute atomic E-state index is 10.7. The van der Waals surface area contributed by atoms with E-state index < -0.39 is 5.97 Å². The van der Waals surface area contributed by atoms with Crippen molar-refractivity contribution in [3.8, 4) is 0 Å². The lowest BCUT2D eigenvalue weighted by Crippen LogP contribution is -2.23. The minimum atomic E-state index is -1.24. The van der Waals surface area contributed by atoms with Crippen LogP contribution in [0.25, 0.3) is 10.8 Å². The van der Waals surface area contributed by atoms with Crippen molar-refractivity contribution in [3.05, 3.63) is 42.0 Å². The SMILES string of the molecule is Nc1cc2ccccc2cc1C(=O)[O-]. The number of hydrogen-bond acceptors (Lipinski definition) is 3. The molecule has 0 unspecified atom stereocenters. The Bertz CT molecular complexity index is 506. The van der Waals surface area contributed by atoms with Crippen molar-refractivity contribution in [3.63, 3.8) is 0 Å². The van der Waals surface area contributed by atoms with Gasteiger partial charge >= 0.3 is 0 Å². The molecule has 0 aliphatic carbocycles. The van der Waals surface area contributed by atoms with Crippen LogP contribution in [0, 0.1) is 0 Å². The number of fused-ring (bicyclic) bond motifs is 1. The Morgan fingerprint density at radius 2 is 1.71 bits per heavy atom. The van der Waals surface area contributed by atoms with Gasteiger partial charge in [-0.25, -0.2) is 0 Å². The summed E-state index contributed by atoms with van der Waals surface area (Å²) in [6, 6.07) is 10.6. The Kier molecular flexibility index (Phi) is 1.85. The Labute approximate surface area is 80.8 Å². The average Bonchev–Trinajstić information content (AvgIpc) is 2.16. The molecule has 0 saturated carbocycles. The first-order valence-corrected chi connectivity index (χ1v) is 4.18. The molecule has 0 bridgehead atoms. The number of nitrogens with two attached hydrogens (primary N) is 1. The molecule has 0 atom stereocenters. The molecule has 2 aromatic carbocycles. The quantitative estimate of drug-likeness (QED) is 0.669. The summed E-state index contributed by atoms with van der Waals surface area (Å²) in [4.78, 5) is 10.7. The van der Waals surface area contributed by atoms with Crippen LogP contribution in [0.2, 0.25) is 0 Å². The van der Waals surface area contributed by atoms with Crippen LogP contribution in [0.3, 0.4) is 0 Å². The molecule has 0 saturated heterocycles. The van der Waals surface area contributed by atoms with Gasteiger partial charge in [-0.3, -0.25) is 0 Å². The van der Waals surface area contributed by atoms with E-state index in [1.54, 1.807) is 6.07 Å². The molecule has 0 aliphatic rings. The molecule has 2 N–H and O–H groups in total. The normalized spacial score (nSPS) is 10.3. The number of carbonyl (C=O) groups excluding carboxylic acids is 1. The van der Waals surface area contributed by atoms with E-state index in [2.05, 4.69) is 0 Å². The molecule has 3 heteroatoms. The van der Waals surface area contributed by atoms with Gasteiger partial charge in [0.1, 0.15) is 0 Å². The number of hydrogen-bond donors (Lipinski definition) is 1. The number of aromatic carboxylic acids is 1. The Morgan fingerprint density at radius 3 is 2.29 bits per heavy atom. The van der Waals surface area contributed by atoms with Crippen molar-refractivity contribution >= 4 is 22.4 Å². The van der Waals surface area contributed by atoms with Gasteiger partial charge in [-0.05, 0) is 22.9 Å². The lowest BCUT2D eigenvalue weighted by molar-refractivity contribution is -0.254. The first-order chi connectivity index (χ1) is 6.68. The minimum absolute atomic E-state index is 0.0451.